The number of nitrogens with one attached hydrogen (secondary N) is 1. The van der Waals surface area contributed by atoms with Gasteiger partial charge in [0.2, 0.25) is 17.0 Å². The first-order valence-corrected chi connectivity index (χ1v) is 5.02. The minimum Gasteiger partial charge on any atom is -0.378 e. The minimum absolute atomic E-state index is 0. The quantitative estimate of drug-likeness (QED) is 0.501. The van der Waals surface area contributed by atoms with Crippen LogP contribution in [-0.4, -0.2) is 98.5 Å². The normalized spacial score (nSPS) is 26.6. The number of morpholine rings is 1. The maximum atomic E-state index is 11.2. The van der Waals surface area contributed by atoms with Gasteiger partial charge < -0.3 is 9.64 Å². The van der Waals surface area contributed by atoms with Crippen molar-refractivity contribution in [3.05, 3.63) is 0 Å². The molecule has 6 nitrogen and oxygen atoms in total. The van der Waals surface area contributed by atoms with Gasteiger partial charge in [0.15, 0.2) is 0 Å². The molecule has 73 valence electrons. The predicted octanol–water partition coefficient (Wildman–Crippen LogP) is -1.96. The number of ether oxygens (including phenoxy) is 1. The molecule has 0 aromatic carbocycles. The van der Waals surface area contributed by atoms with E-state index in [1.807, 2.05) is 0 Å². The Labute approximate surface area is 127 Å². The van der Waals surface area contributed by atoms with E-state index in [-0.39, 0.29) is 63.1 Å². The second-order valence-electron chi connectivity index (χ2n) is 2.69. The second kappa shape index (κ2) is 5.68. The molecule has 1 fully saturated rings. The van der Waals surface area contributed by atoms with Crippen LogP contribution in [0.15, 0.2) is 4.40 Å². The average Bonchev–Trinajstić information content (AvgIpc) is 2.47. The van der Waals surface area contributed by atoms with Gasteiger partial charge in [-0.25, -0.2) is 8.93 Å². The summed E-state index contributed by atoms with van der Waals surface area (Å²) in [6.45, 7) is 2.42. The van der Waals surface area contributed by atoms with Crippen molar-refractivity contribution < 1.29 is 13.7 Å². The topological polar surface area (TPSA) is 71.0 Å². The van der Waals surface area contributed by atoms with Crippen LogP contribution >= 0.6 is 0 Å². The first-order chi connectivity index (χ1) is 6.27. The van der Waals surface area contributed by atoms with Crippen LogP contribution in [-0.2, 0) is 20.7 Å². The van der Waals surface area contributed by atoms with E-state index in [4.69, 9.17) is 4.74 Å². The van der Waals surface area contributed by atoms with Gasteiger partial charge in [-0.1, -0.05) is 0 Å². The summed E-state index contributed by atoms with van der Waals surface area (Å²) in [5.41, 5.74) is 0. The molecule has 0 bridgehead atoms. The number of amides is 1. The zero-order valence-electron chi connectivity index (χ0n) is 7.86. The zero-order valence-corrected chi connectivity index (χ0v) is 11.8. The summed E-state index contributed by atoms with van der Waals surface area (Å²) in [6, 6.07) is 0. The van der Waals surface area contributed by atoms with Crippen LogP contribution in [0, 0.1) is 0 Å². The molecule has 0 saturated carbocycles. The number of carbonyl (C=O) groups excluding carboxylic acids is 1. The summed E-state index contributed by atoms with van der Waals surface area (Å²) < 4.78 is 21.9. The van der Waals surface area contributed by atoms with Crippen molar-refractivity contribution >= 4 is 74.3 Å². The monoisotopic (exact) mass is 242 g/mol. The van der Waals surface area contributed by atoms with Gasteiger partial charge in [0.25, 0.3) is 0 Å². The van der Waals surface area contributed by atoms with Crippen LogP contribution in [0.2, 0.25) is 0 Å². The SMILES string of the molecule is O=C1NS(=O)N=C1N1CCOCC1.[K]. The number of nitrogens with zero attached hydrogens (tertiary/aromatic N) is 2. The fraction of sp³-hybridized carbons (Fsp3) is 0.667. The molecule has 0 aromatic heterocycles. The first kappa shape index (κ1) is 12.8. The van der Waals surface area contributed by atoms with Crippen molar-refractivity contribution in [2.24, 2.45) is 4.40 Å². The van der Waals surface area contributed by atoms with Gasteiger partial charge in [0, 0.05) is 64.5 Å². The fourth-order valence-corrected chi connectivity index (χ4v) is 1.90. The zero-order chi connectivity index (χ0) is 9.26. The Morgan fingerprint density at radius 1 is 1.43 bits per heavy atom. The van der Waals surface area contributed by atoms with Crippen molar-refractivity contribution in [1.29, 1.82) is 0 Å². The standard InChI is InChI=1S/C6H9N3O3S.K/c10-6-5(7-13(11)8-6)9-1-3-12-4-2-9;/h1-4H2,(H,8,10);. The summed E-state index contributed by atoms with van der Waals surface area (Å²) >= 11 is -1.58. The van der Waals surface area contributed by atoms with E-state index in [1.54, 1.807) is 4.90 Å². The molecule has 2 aliphatic rings. The molecule has 1 radical (unpaired) electrons. The number of amidine groups is 1. The van der Waals surface area contributed by atoms with Crippen LogP contribution in [0.1, 0.15) is 0 Å². The largest absolute Gasteiger partial charge is 0.378 e. The maximum Gasteiger partial charge on any atom is 0.300 e. The molecule has 0 aliphatic carbocycles. The van der Waals surface area contributed by atoms with Crippen molar-refractivity contribution in [1.82, 2.24) is 9.62 Å². The summed E-state index contributed by atoms with van der Waals surface area (Å²) in [5.74, 6) is -0.0955. The van der Waals surface area contributed by atoms with Crippen LogP contribution in [0.5, 0.6) is 0 Å². The molecule has 0 aromatic rings. The summed E-state index contributed by atoms with van der Waals surface area (Å²) in [5, 5.41) is 0. The molecule has 8 heteroatoms. The van der Waals surface area contributed by atoms with E-state index in [1.165, 1.54) is 0 Å². The molecule has 2 heterocycles. The molecular formula is C6H9KN3O3S. The van der Waals surface area contributed by atoms with Crippen LogP contribution < -0.4 is 4.72 Å². The van der Waals surface area contributed by atoms with Gasteiger partial charge in [0.1, 0.15) is 0 Å². The first-order valence-electron chi connectivity index (χ1n) is 3.91. The molecule has 1 unspecified atom stereocenters. The Bertz CT molecular complexity index is 290. The third-order valence-corrected chi connectivity index (χ3v) is 2.56. The number of rotatable bonds is 0. The van der Waals surface area contributed by atoms with Gasteiger partial charge in [-0.3, -0.25) is 4.79 Å². The Morgan fingerprint density at radius 3 is 2.57 bits per heavy atom. The van der Waals surface area contributed by atoms with Gasteiger partial charge >= 0.3 is 5.91 Å². The molecule has 0 spiro atoms. The molecule has 1 N–H and O–H groups in total. The Kier molecular flexibility index (Phi) is 5.18. The van der Waals surface area contributed by atoms with E-state index in [2.05, 4.69) is 9.12 Å². The molecular weight excluding hydrogens is 233 g/mol. The maximum absolute atomic E-state index is 11.2. The van der Waals surface area contributed by atoms with Crippen molar-refractivity contribution in [2.45, 2.75) is 0 Å². The molecule has 1 atom stereocenters. The summed E-state index contributed by atoms with van der Waals surface area (Å²) in [6.07, 6.45) is 0. The van der Waals surface area contributed by atoms with Crippen LogP contribution in [0.4, 0.5) is 0 Å². The summed E-state index contributed by atoms with van der Waals surface area (Å²) in [7, 11) is 0. The average molecular weight is 242 g/mol. The van der Waals surface area contributed by atoms with Gasteiger partial charge in [0.05, 0.1) is 13.2 Å². The molecule has 1 saturated heterocycles. The number of hydrogen-bond donors (Lipinski definition) is 1. The Balaban J connectivity index is 0.000000980. The van der Waals surface area contributed by atoms with Gasteiger partial charge in [-0.15, -0.1) is 4.40 Å². The fourth-order valence-electron chi connectivity index (χ4n) is 1.24. The molecule has 2 aliphatic heterocycles. The van der Waals surface area contributed by atoms with E-state index in [9.17, 15) is 9.00 Å². The van der Waals surface area contributed by atoms with Gasteiger partial charge in [-0.05, 0) is 0 Å². The summed E-state index contributed by atoms with van der Waals surface area (Å²) in [4.78, 5) is 12.9. The smallest absolute Gasteiger partial charge is 0.300 e. The van der Waals surface area contributed by atoms with E-state index < -0.39 is 11.2 Å². The van der Waals surface area contributed by atoms with E-state index >= 15 is 0 Å². The van der Waals surface area contributed by atoms with E-state index in [0.29, 0.717) is 26.3 Å². The van der Waals surface area contributed by atoms with Crippen molar-refractivity contribution in [2.75, 3.05) is 26.3 Å². The van der Waals surface area contributed by atoms with Crippen molar-refractivity contribution in [3.8, 4) is 0 Å². The van der Waals surface area contributed by atoms with Gasteiger partial charge in [-0.2, -0.15) is 0 Å². The Hall–Kier alpha value is 0.686. The second-order valence-corrected chi connectivity index (χ2v) is 3.58. The third-order valence-electron chi connectivity index (χ3n) is 1.86. The van der Waals surface area contributed by atoms with Crippen LogP contribution in [0.25, 0.3) is 0 Å². The third kappa shape index (κ3) is 2.84. The van der Waals surface area contributed by atoms with Crippen LogP contribution in [0.3, 0.4) is 0 Å². The van der Waals surface area contributed by atoms with E-state index in [0.717, 1.165) is 0 Å². The number of hydrogen-bond acceptors (Lipinski definition) is 4. The minimum atomic E-state index is -1.58. The molecule has 14 heavy (non-hydrogen) atoms. The Morgan fingerprint density at radius 2 is 2.07 bits per heavy atom. The predicted molar refractivity (Wildman–Crippen MR) is 51.9 cm³/mol. The number of carbonyl (C=O) groups is 1. The van der Waals surface area contributed by atoms with Crippen molar-refractivity contribution in [3.63, 3.8) is 0 Å². The molecule has 2 rings (SSSR count). The molecule has 1 amide bonds.